The first-order valence-electron chi connectivity index (χ1n) is 5.57. The summed E-state index contributed by atoms with van der Waals surface area (Å²) in [4.78, 5) is 33.5. The van der Waals surface area contributed by atoms with Crippen LogP contribution in [0, 0.1) is 0 Å². The smallest absolute Gasteiger partial charge is 0.326 e. The van der Waals surface area contributed by atoms with Crippen LogP contribution in [0.15, 0.2) is 18.2 Å². The van der Waals surface area contributed by atoms with E-state index < -0.39 is 23.8 Å². The van der Waals surface area contributed by atoms with Crippen LogP contribution in [-0.4, -0.2) is 28.9 Å². The van der Waals surface area contributed by atoms with Crippen LogP contribution in [-0.2, 0) is 9.59 Å². The summed E-state index contributed by atoms with van der Waals surface area (Å²) in [5.74, 6) is -2.55. The zero-order valence-corrected chi connectivity index (χ0v) is 11.7. The molecule has 0 saturated carbocycles. The third-order valence-corrected chi connectivity index (χ3v) is 2.84. The van der Waals surface area contributed by atoms with E-state index in [9.17, 15) is 14.4 Å². The van der Waals surface area contributed by atoms with Gasteiger partial charge >= 0.3 is 5.97 Å². The summed E-state index contributed by atoms with van der Waals surface area (Å²) in [6.07, 6.45) is -0.238. The third-order valence-electron chi connectivity index (χ3n) is 2.41. The van der Waals surface area contributed by atoms with Gasteiger partial charge in [-0.05, 0) is 24.6 Å². The van der Waals surface area contributed by atoms with Crippen LogP contribution in [0.4, 0.5) is 0 Å². The van der Waals surface area contributed by atoms with Crippen molar-refractivity contribution in [3.05, 3.63) is 33.8 Å². The van der Waals surface area contributed by atoms with Gasteiger partial charge in [-0.3, -0.25) is 9.59 Å². The van der Waals surface area contributed by atoms with Gasteiger partial charge in [0, 0.05) is 22.0 Å². The van der Waals surface area contributed by atoms with E-state index in [-0.39, 0.29) is 28.5 Å². The average Bonchev–Trinajstić information content (AvgIpc) is 2.32. The van der Waals surface area contributed by atoms with E-state index in [0.29, 0.717) is 0 Å². The molecule has 1 atom stereocenters. The Morgan fingerprint density at radius 3 is 2.20 bits per heavy atom. The molecular formula is C12H12Cl2N2O4. The van der Waals surface area contributed by atoms with Crippen LogP contribution < -0.4 is 11.1 Å². The lowest BCUT2D eigenvalue weighted by Crippen LogP contribution is -2.41. The molecule has 0 radical (unpaired) electrons. The second-order valence-electron chi connectivity index (χ2n) is 4.03. The van der Waals surface area contributed by atoms with E-state index in [1.807, 2.05) is 0 Å². The van der Waals surface area contributed by atoms with Gasteiger partial charge in [0.1, 0.15) is 6.04 Å². The Hall–Kier alpha value is -1.79. The fourth-order valence-corrected chi connectivity index (χ4v) is 2.00. The van der Waals surface area contributed by atoms with Crippen LogP contribution in [0.3, 0.4) is 0 Å². The molecule has 0 spiro atoms. The Balaban J connectivity index is 2.79. The molecule has 0 saturated heterocycles. The standard InChI is InChI=1S/C12H12Cl2N2O4/c13-7-3-6(4-8(14)5-7)11(18)16-9(12(19)20)1-2-10(15)17/h3-5,9H,1-2H2,(H2,15,17)(H,16,18)(H,19,20)/t9-/m0/s1. The molecule has 108 valence electrons. The molecule has 4 N–H and O–H groups in total. The Bertz CT molecular complexity index is 528. The first kappa shape index (κ1) is 16.3. The Kier molecular flexibility index (Phi) is 5.79. The largest absolute Gasteiger partial charge is 0.480 e. The summed E-state index contributed by atoms with van der Waals surface area (Å²) < 4.78 is 0. The number of carbonyl (C=O) groups is 3. The predicted molar refractivity (Wildman–Crippen MR) is 73.8 cm³/mol. The van der Waals surface area contributed by atoms with Crippen molar-refractivity contribution in [1.82, 2.24) is 5.32 Å². The molecule has 0 bridgehead atoms. The fourth-order valence-electron chi connectivity index (χ4n) is 1.47. The number of rotatable bonds is 6. The van der Waals surface area contributed by atoms with Crippen molar-refractivity contribution in [2.24, 2.45) is 5.73 Å². The van der Waals surface area contributed by atoms with Gasteiger partial charge in [-0.1, -0.05) is 23.2 Å². The van der Waals surface area contributed by atoms with Gasteiger partial charge in [0.25, 0.3) is 5.91 Å². The quantitative estimate of drug-likeness (QED) is 0.737. The summed E-state index contributed by atoms with van der Waals surface area (Å²) in [5.41, 5.74) is 5.08. The van der Waals surface area contributed by atoms with Crippen molar-refractivity contribution in [3.8, 4) is 0 Å². The SMILES string of the molecule is NC(=O)CC[C@H](NC(=O)c1cc(Cl)cc(Cl)c1)C(=O)O. The summed E-state index contributed by atoms with van der Waals surface area (Å²) in [7, 11) is 0. The highest BCUT2D eigenvalue weighted by Gasteiger charge is 2.21. The number of nitrogens with two attached hydrogens (primary N) is 1. The number of benzene rings is 1. The summed E-state index contributed by atoms with van der Waals surface area (Å²) in [6, 6.07) is 2.94. The number of aliphatic carboxylic acids is 1. The third kappa shape index (κ3) is 5.07. The molecule has 2 amide bonds. The number of carboxylic acids is 1. The van der Waals surface area contributed by atoms with E-state index in [2.05, 4.69) is 5.32 Å². The van der Waals surface area contributed by atoms with E-state index >= 15 is 0 Å². The zero-order valence-electron chi connectivity index (χ0n) is 10.2. The van der Waals surface area contributed by atoms with Gasteiger partial charge in [0.2, 0.25) is 5.91 Å². The summed E-state index contributed by atoms with van der Waals surface area (Å²) >= 11 is 11.5. The molecule has 1 rings (SSSR count). The highest BCUT2D eigenvalue weighted by atomic mass is 35.5. The normalized spacial score (nSPS) is 11.7. The van der Waals surface area contributed by atoms with E-state index in [0.717, 1.165) is 0 Å². The fraction of sp³-hybridized carbons (Fsp3) is 0.250. The van der Waals surface area contributed by atoms with Gasteiger partial charge < -0.3 is 16.2 Å². The summed E-state index contributed by atoms with van der Waals surface area (Å²) in [5, 5.41) is 11.8. The molecular weight excluding hydrogens is 307 g/mol. The molecule has 1 aromatic rings. The van der Waals surface area contributed by atoms with E-state index in [1.165, 1.54) is 18.2 Å². The average molecular weight is 319 g/mol. The van der Waals surface area contributed by atoms with Crippen LogP contribution in [0.5, 0.6) is 0 Å². The minimum atomic E-state index is -1.26. The number of amides is 2. The Morgan fingerprint density at radius 2 is 1.75 bits per heavy atom. The molecule has 0 heterocycles. The van der Waals surface area contributed by atoms with Gasteiger partial charge in [-0.15, -0.1) is 0 Å². The number of halogens is 2. The van der Waals surface area contributed by atoms with Crippen LogP contribution >= 0.6 is 23.2 Å². The maximum Gasteiger partial charge on any atom is 0.326 e. The number of hydrogen-bond acceptors (Lipinski definition) is 3. The molecule has 8 heteroatoms. The highest BCUT2D eigenvalue weighted by Crippen LogP contribution is 2.19. The molecule has 0 aliphatic rings. The Labute approximate surface area is 124 Å². The molecule has 1 aromatic carbocycles. The second kappa shape index (κ2) is 7.12. The second-order valence-corrected chi connectivity index (χ2v) is 4.90. The van der Waals surface area contributed by atoms with Crippen molar-refractivity contribution in [2.75, 3.05) is 0 Å². The molecule has 0 aliphatic carbocycles. The predicted octanol–water partition coefficient (Wildman–Crippen LogP) is 1.44. The number of hydrogen-bond donors (Lipinski definition) is 3. The number of nitrogens with one attached hydrogen (secondary N) is 1. The van der Waals surface area contributed by atoms with Crippen molar-refractivity contribution < 1.29 is 19.5 Å². The van der Waals surface area contributed by atoms with Gasteiger partial charge in [0.15, 0.2) is 0 Å². The number of carboxylic acid groups (broad SMARTS) is 1. The van der Waals surface area contributed by atoms with Crippen molar-refractivity contribution >= 4 is 41.0 Å². The highest BCUT2D eigenvalue weighted by molar-refractivity contribution is 6.35. The van der Waals surface area contributed by atoms with Crippen LogP contribution in [0.2, 0.25) is 10.0 Å². The van der Waals surface area contributed by atoms with Gasteiger partial charge in [-0.2, -0.15) is 0 Å². The molecule has 0 aromatic heterocycles. The van der Waals surface area contributed by atoms with Crippen molar-refractivity contribution in [1.29, 1.82) is 0 Å². The topological polar surface area (TPSA) is 109 Å². The monoisotopic (exact) mass is 318 g/mol. The first-order valence-corrected chi connectivity index (χ1v) is 6.33. The lowest BCUT2D eigenvalue weighted by molar-refractivity contribution is -0.139. The molecule has 20 heavy (non-hydrogen) atoms. The van der Waals surface area contributed by atoms with Crippen LogP contribution in [0.1, 0.15) is 23.2 Å². The van der Waals surface area contributed by atoms with Crippen molar-refractivity contribution in [2.45, 2.75) is 18.9 Å². The van der Waals surface area contributed by atoms with Gasteiger partial charge in [-0.25, -0.2) is 4.79 Å². The van der Waals surface area contributed by atoms with E-state index in [4.69, 9.17) is 34.0 Å². The number of carbonyl (C=O) groups excluding carboxylic acids is 2. The minimum absolute atomic E-state index is 0.0926. The molecule has 6 nitrogen and oxygen atoms in total. The first-order chi connectivity index (χ1) is 9.29. The Morgan fingerprint density at radius 1 is 1.20 bits per heavy atom. The maximum atomic E-state index is 11.9. The zero-order chi connectivity index (χ0) is 15.3. The van der Waals surface area contributed by atoms with Crippen LogP contribution in [0.25, 0.3) is 0 Å². The lowest BCUT2D eigenvalue weighted by atomic mass is 10.1. The minimum Gasteiger partial charge on any atom is -0.480 e. The van der Waals surface area contributed by atoms with Gasteiger partial charge in [0.05, 0.1) is 0 Å². The molecule has 0 fully saturated rings. The lowest BCUT2D eigenvalue weighted by Gasteiger charge is -2.14. The van der Waals surface area contributed by atoms with E-state index in [1.54, 1.807) is 0 Å². The van der Waals surface area contributed by atoms with Crippen molar-refractivity contribution in [3.63, 3.8) is 0 Å². The molecule has 0 aliphatic heterocycles. The molecule has 0 unspecified atom stereocenters. The number of primary amides is 1. The maximum absolute atomic E-state index is 11.9. The summed E-state index contributed by atoms with van der Waals surface area (Å²) in [6.45, 7) is 0.